The molecule has 0 aromatic heterocycles. The van der Waals surface area contributed by atoms with Crippen LogP contribution in [0, 0.1) is 5.92 Å². The van der Waals surface area contributed by atoms with Crippen LogP contribution in [0.15, 0.2) is 0 Å². The van der Waals surface area contributed by atoms with E-state index >= 15 is 0 Å². The Kier molecular flexibility index (Phi) is 4.98. The number of nitrogens with zero attached hydrogens (tertiary/aromatic N) is 1. The van der Waals surface area contributed by atoms with E-state index in [2.05, 4.69) is 0 Å². The van der Waals surface area contributed by atoms with Gasteiger partial charge in [0.25, 0.3) is 0 Å². The first kappa shape index (κ1) is 14.8. The number of hydrogen-bond donors (Lipinski definition) is 1. The standard InChI is InChI=1S/C11H16F3NO3/c12-11(13,14)10(18)15-6-2-1-3-8(7-15)4-5-9(16)17/h8H,1-7H2,(H,16,17). The number of likely N-dealkylation sites (tertiary alicyclic amines) is 1. The Morgan fingerprint density at radius 1 is 1.28 bits per heavy atom. The summed E-state index contributed by atoms with van der Waals surface area (Å²) in [6, 6.07) is 0. The van der Waals surface area contributed by atoms with E-state index in [0.29, 0.717) is 19.3 Å². The van der Waals surface area contributed by atoms with Gasteiger partial charge >= 0.3 is 18.1 Å². The normalized spacial score (nSPS) is 21.5. The summed E-state index contributed by atoms with van der Waals surface area (Å²) < 4.78 is 37.0. The van der Waals surface area contributed by atoms with Gasteiger partial charge in [-0.1, -0.05) is 6.42 Å². The van der Waals surface area contributed by atoms with Crippen LogP contribution in [0.3, 0.4) is 0 Å². The van der Waals surface area contributed by atoms with Crippen molar-refractivity contribution in [1.82, 2.24) is 4.90 Å². The summed E-state index contributed by atoms with van der Waals surface area (Å²) in [5.74, 6) is -2.94. The number of amides is 1. The van der Waals surface area contributed by atoms with E-state index in [4.69, 9.17) is 5.11 Å². The summed E-state index contributed by atoms with van der Waals surface area (Å²) in [5, 5.41) is 8.56. The molecule has 0 saturated carbocycles. The van der Waals surface area contributed by atoms with Crippen LogP contribution in [0.4, 0.5) is 13.2 Å². The average Bonchev–Trinajstić information content (AvgIpc) is 2.49. The molecule has 1 saturated heterocycles. The van der Waals surface area contributed by atoms with E-state index in [0.717, 1.165) is 11.3 Å². The monoisotopic (exact) mass is 267 g/mol. The van der Waals surface area contributed by atoms with Crippen LogP contribution in [0.25, 0.3) is 0 Å². The zero-order valence-electron chi connectivity index (χ0n) is 9.87. The summed E-state index contributed by atoms with van der Waals surface area (Å²) >= 11 is 0. The van der Waals surface area contributed by atoms with Crippen molar-refractivity contribution in [1.29, 1.82) is 0 Å². The fourth-order valence-corrected chi connectivity index (χ4v) is 2.16. The number of carboxylic acid groups (broad SMARTS) is 1. The van der Waals surface area contributed by atoms with Crippen molar-refractivity contribution in [3.63, 3.8) is 0 Å². The van der Waals surface area contributed by atoms with Gasteiger partial charge in [-0.15, -0.1) is 0 Å². The molecule has 7 heteroatoms. The van der Waals surface area contributed by atoms with Crippen molar-refractivity contribution >= 4 is 11.9 Å². The largest absolute Gasteiger partial charge is 0.481 e. The van der Waals surface area contributed by atoms with Crippen molar-refractivity contribution in [2.75, 3.05) is 13.1 Å². The Bertz CT molecular complexity index is 317. The van der Waals surface area contributed by atoms with Crippen LogP contribution in [0.2, 0.25) is 0 Å². The molecule has 0 aliphatic carbocycles. The molecule has 1 aliphatic heterocycles. The summed E-state index contributed by atoms with van der Waals surface area (Å²) in [6.07, 6.45) is -2.66. The zero-order chi connectivity index (χ0) is 13.8. The summed E-state index contributed by atoms with van der Waals surface area (Å²) in [5.41, 5.74) is 0. The highest BCUT2D eigenvalue weighted by Gasteiger charge is 2.43. The molecule has 1 N–H and O–H groups in total. The predicted octanol–water partition coefficient (Wildman–Crippen LogP) is 2.04. The lowest BCUT2D eigenvalue weighted by molar-refractivity contribution is -0.185. The van der Waals surface area contributed by atoms with Gasteiger partial charge in [-0.25, -0.2) is 0 Å². The summed E-state index contributed by atoms with van der Waals surface area (Å²) in [7, 11) is 0. The molecule has 1 aliphatic rings. The Balaban J connectivity index is 2.59. The maximum absolute atomic E-state index is 12.3. The SMILES string of the molecule is O=C(O)CCC1CCCCN(C(=O)C(F)(F)F)C1. The minimum absolute atomic E-state index is 0.00558. The van der Waals surface area contributed by atoms with E-state index < -0.39 is 18.1 Å². The molecule has 0 aromatic carbocycles. The lowest BCUT2D eigenvalue weighted by atomic mass is 9.98. The molecule has 0 radical (unpaired) electrons. The van der Waals surface area contributed by atoms with Gasteiger partial charge in [-0.2, -0.15) is 13.2 Å². The number of carbonyl (C=O) groups is 2. The van der Waals surface area contributed by atoms with E-state index in [1.54, 1.807) is 0 Å². The van der Waals surface area contributed by atoms with Crippen LogP contribution in [-0.2, 0) is 9.59 Å². The Morgan fingerprint density at radius 3 is 2.50 bits per heavy atom. The highest BCUT2D eigenvalue weighted by atomic mass is 19.4. The van der Waals surface area contributed by atoms with Crippen molar-refractivity contribution in [3.8, 4) is 0 Å². The smallest absolute Gasteiger partial charge is 0.471 e. The number of halogens is 3. The van der Waals surface area contributed by atoms with Crippen LogP contribution in [0.5, 0.6) is 0 Å². The molecule has 1 atom stereocenters. The molecule has 1 fully saturated rings. The number of aliphatic carboxylic acids is 1. The van der Waals surface area contributed by atoms with Crippen LogP contribution < -0.4 is 0 Å². The maximum atomic E-state index is 12.3. The second-order valence-corrected chi connectivity index (χ2v) is 4.54. The molecule has 4 nitrogen and oxygen atoms in total. The molecule has 0 aromatic rings. The maximum Gasteiger partial charge on any atom is 0.471 e. The lowest BCUT2D eigenvalue weighted by Gasteiger charge is -2.25. The molecule has 1 unspecified atom stereocenters. The number of carbonyl (C=O) groups excluding carboxylic acids is 1. The first-order valence-electron chi connectivity index (χ1n) is 5.88. The van der Waals surface area contributed by atoms with Crippen molar-refractivity contribution in [2.45, 2.75) is 38.3 Å². The van der Waals surface area contributed by atoms with Crippen molar-refractivity contribution in [3.05, 3.63) is 0 Å². The minimum atomic E-state index is -4.85. The van der Waals surface area contributed by atoms with E-state index in [1.165, 1.54) is 0 Å². The molecule has 104 valence electrons. The van der Waals surface area contributed by atoms with Crippen LogP contribution in [0.1, 0.15) is 32.1 Å². The Morgan fingerprint density at radius 2 is 1.94 bits per heavy atom. The number of carboxylic acids is 1. The number of rotatable bonds is 3. The van der Waals surface area contributed by atoms with Gasteiger partial charge in [0.05, 0.1) is 0 Å². The van der Waals surface area contributed by atoms with Gasteiger partial charge in [0.2, 0.25) is 0 Å². The predicted molar refractivity (Wildman–Crippen MR) is 56.8 cm³/mol. The van der Waals surface area contributed by atoms with E-state index in [-0.39, 0.29) is 25.4 Å². The highest BCUT2D eigenvalue weighted by molar-refractivity contribution is 5.81. The molecular weight excluding hydrogens is 251 g/mol. The first-order valence-corrected chi connectivity index (χ1v) is 5.88. The van der Waals surface area contributed by atoms with Gasteiger partial charge in [-0.3, -0.25) is 9.59 Å². The second-order valence-electron chi connectivity index (χ2n) is 4.54. The molecular formula is C11H16F3NO3. The zero-order valence-corrected chi connectivity index (χ0v) is 9.87. The third kappa shape index (κ3) is 4.54. The molecule has 0 spiro atoms. The quantitative estimate of drug-likeness (QED) is 0.851. The molecule has 0 bridgehead atoms. The first-order chi connectivity index (χ1) is 8.30. The van der Waals surface area contributed by atoms with Gasteiger partial charge in [-0.05, 0) is 25.2 Å². The molecule has 1 heterocycles. The molecule has 18 heavy (non-hydrogen) atoms. The van der Waals surface area contributed by atoms with Crippen molar-refractivity contribution in [2.24, 2.45) is 5.92 Å². The van der Waals surface area contributed by atoms with Gasteiger partial charge in [0.1, 0.15) is 0 Å². The second kappa shape index (κ2) is 6.06. The average molecular weight is 267 g/mol. The van der Waals surface area contributed by atoms with Crippen LogP contribution in [-0.4, -0.2) is 41.1 Å². The fourth-order valence-electron chi connectivity index (χ4n) is 2.16. The molecule has 1 rings (SSSR count). The fraction of sp³-hybridized carbons (Fsp3) is 0.818. The third-order valence-electron chi connectivity index (χ3n) is 3.07. The van der Waals surface area contributed by atoms with E-state index in [1.807, 2.05) is 0 Å². The highest BCUT2D eigenvalue weighted by Crippen LogP contribution is 2.25. The third-order valence-corrected chi connectivity index (χ3v) is 3.07. The number of hydrogen-bond acceptors (Lipinski definition) is 2. The summed E-state index contributed by atoms with van der Waals surface area (Å²) in [4.78, 5) is 22.4. The van der Waals surface area contributed by atoms with Crippen LogP contribution >= 0.6 is 0 Å². The van der Waals surface area contributed by atoms with E-state index in [9.17, 15) is 22.8 Å². The van der Waals surface area contributed by atoms with Gasteiger partial charge in [0.15, 0.2) is 0 Å². The Hall–Kier alpha value is -1.27. The van der Waals surface area contributed by atoms with Gasteiger partial charge in [0, 0.05) is 19.5 Å². The Labute approximate surface area is 103 Å². The number of alkyl halides is 3. The lowest BCUT2D eigenvalue weighted by Crippen LogP contribution is -2.43. The summed E-state index contributed by atoms with van der Waals surface area (Å²) in [6.45, 7) is 0.105. The van der Waals surface area contributed by atoms with Gasteiger partial charge < -0.3 is 10.0 Å². The van der Waals surface area contributed by atoms with Crippen molar-refractivity contribution < 1.29 is 27.9 Å². The minimum Gasteiger partial charge on any atom is -0.481 e. The molecule has 1 amide bonds. The topological polar surface area (TPSA) is 57.6 Å².